The van der Waals surface area contributed by atoms with Crippen LogP contribution in [-0.2, 0) is 0 Å². The monoisotopic (exact) mass is 243 g/mol. The smallest absolute Gasteiger partial charge is 0.00952 e. The summed E-state index contributed by atoms with van der Waals surface area (Å²) in [4.78, 5) is 2.74. The molecule has 2 heteroatoms. The molecule has 2 atom stereocenters. The second-order valence-electron chi connectivity index (χ2n) is 5.62. The van der Waals surface area contributed by atoms with Gasteiger partial charge in [-0.25, -0.2) is 0 Å². The third kappa shape index (κ3) is 4.29. The number of likely N-dealkylation sites (tertiary alicyclic amines) is 1. The van der Waals surface area contributed by atoms with Crippen LogP contribution in [-0.4, -0.2) is 29.8 Å². The Labute approximate surface area is 107 Å². The number of rotatable bonds is 6. The van der Waals surface area contributed by atoms with Crippen LogP contribution in [0.2, 0.25) is 0 Å². The van der Waals surface area contributed by atoms with E-state index in [9.17, 15) is 0 Å². The molecule has 0 saturated carbocycles. The third-order valence-corrected chi connectivity index (χ3v) is 4.49. The molecule has 0 aromatic heterocycles. The Kier molecular flexibility index (Phi) is 6.83. The Bertz CT molecular complexity index is 180. The van der Waals surface area contributed by atoms with Crippen molar-refractivity contribution in [1.29, 1.82) is 0 Å². The molecule has 96 valence electrons. The SMILES string of the molecule is CCCC1CCCCN1CC(CS)C(C)C. The van der Waals surface area contributed by atoms with E-state index in [-0.39, 0.29) is 0 Å². The summed E-state index contributed by atoms with van der Waals surface area (Å²) in [5, 5.41) is 0. The van der Waals surface area contributed by atoms with E-state index in [2.05, 4.69) is 38.3 Å². The molecule has 0 amide bonds. The highest BCUT2D eigenvalue weighted by molar-refractivity contribution is 7.80. The van der Waals surface area contributed by atoms with E-state index in [1.54, 1.807) is 0 Å². The number of nitrogens with zero attached hydrogens (tertiary/aromatic N) is 1. The van der Waals surface area contributed by atoms with E-state index in [1.807, 2.05) is 0 Å². The minimum absolute atomic E-state index is 0.765. The van der Waals surface area contributed by atoms with Crippen LogP contribution >= 0.6 is 12.6 Å². The Morgan fingerprint density at radius 2 is 2.06 bits per heavy atom. The van der Waals surface area contributed by atoms with Gasteiger partial charge >= 0.3 is 0 Å². The molecule has 2 unspecified atom stereocenters. The van der Waals surface area contributed by atoms with Crippen molar-refractivity contribution in [3.05, 3.63) is 0 Å². The van der Waals surface area contributed by atoms with Crippen molar-refractivity contribution in [3.63, 3.8) is 0 Å². The lowest BCUT2D eigenvalue weighted by Crippen LogP contribution is -2.43. The van der Waals surface area contributed by atoms with Crippen LogP contribution in [0, 0.1) is 11.8 Å². The minimum Gasteiger partial charge on any atom is -0.300 e. The molecule has 0 bridgehead atoms. The molecule has 1 heterocycles. The van der Waals surface area contributed by atoms with E-state index < -0.39 is 0 Å². The normalized spacial score (nSPS) is 24.9. The summed E-state index contributed by atoms with van der Waals surface area (Å²) in [6, 6.07) is 0.861. The molecule has 0 radical (unpaired) electrons. The molecular formula is C14H29NS. The molecule has 0 aromatic carbocycles. The predicted octanol–water partition coefficient (Wildman–Crippen LogP) is 3.84. The molecule has 1 rings (SSSR count). The molecule has 1 nitrogen and oxygen atoms in total. The van der Waals surface area contributed by atoms with E-state index in [0.717, 1.165) is 23.6 Å². The Hall–Kier alpha value is 0.310. The van der Waals surface area contributed by atoms with Crippen molar-refractivity contribution in [2.45, 2.75) is 58.9 Å². The molecule has 1 fully saturated rings. The molecular weight excluding hydrogens is 214 g/mol. The van der Waals surface area contributed by atoms with Crippen molar-refractivity contribution in [3.8, 4) is 0 Å². The fourth-order valence-electron chi connectivity index (χ4n) is 2.74. The van der Waals surface area contributed by atoms with E-state index in [4.69, 9.17) is 0 Å². The number of hydrogen-bond donors (Lipinski definition) is 1. The summed E-state index contributed by atoms with van der Waals surface area (Å²) in [5.74, 6) is 2.56. The van der Waals surface area contributed by atoms with Gasteiger partial charge in [0.1, 0.15) is 0 Å². The Balaban J connectivity index is 2.47. The van der Waals surface area contributed by atoms with Gasteiger partial charge in [-0.15, -0.1) is 0 Å². The first-order chi connectivity index (χ1) is 7.69. The zero-order chi connectivity index (χ0) is 12.0. The second kappa shape index (κ2) is 7.60. The number of piperidine rings is 1. The number of thiol groups is 1. The zero-order valence-corrected chi connectivity index (χ0v) is 12.2. The first-order valence-electron chi connectivity index (χ1n) is 7.04. The molecule has 0 spiro atoms. The maximum absolute atomic E-state index is 4.51. The highest BCUT2D eigenvalue weighted by atomic mass is 32.1. The lowest BCUT2D eigenvalue weighted by Gasteiger charge is -2.38. The van der Waals surface area contributed by atoms with Gasteiger partial charge in [-0.2, -0.15) is 12.6 Å². The first kappa shape index (κ1) is 14.4. The van der Waals surface area contributed by atoms with Crippen LogP contribution in [0.15, 0.2) is 0 Å². The van der Waals surface area contributed by atoms with Gasteiger partial charge in [0.2, 0.25) is 0 Å². The summed E-state index contributed by atoms with van der Waals surface area (Å²) in [7, 11) is 0. The van der Waals surface area contributed by atoms with Crippen LogP contribution in [0.25, 0.3) is 0 Å². The number of hydrogen-bond acceptors (Lipinski definition) is 2. The van der Waals surface area contributed by atoms with E-state index >= 15 is 0 Å². The average Bonchev–Trinajstić information content (AvgIpc) is 2.27. The third-order valence-electron chi connectivity index (χ3n) is 4.02. The highest BCUT2D eigenvalue weighted by Crippen LogP contribution is 2.24. The van der Waals surface area contributed by atoms with E-state index in [0.29, 0.717) is 0 Å². The molecule has 0 N–H and O–H groups in total. The molecule has 0 aromatic rings. The minimum atomic E-state index is 0.765. The lowest BCUT2D eigenvalue weighted by atomic mass is 9.93. The van der Waals surface area contributed by atoms with Crippen molar-refractivity contribution < 1.29 is 0 Å². The van der Waals surface area contributed by atoms with Gasteiger partial charge in [0.15, 0.2) is 0 Å². The fourth-order valence-corrected chi connectivity index (χ4v) is 3.28. The van der Waals surface area contributed by atoms with Gasteiger partial charge in [-0.1, -0.05) is 33.6 Å². The fraction of sp³-hybridized carbons (Fsp3) is 1.00. The summed E-state index contributed by atoms with van der Waals surface area (Å²) in [5.41, 5.74) is 0. The standard InChI is InChI=1S/C14H29NS/c1-4-7-14-8-5-6-9-15(14)10-13(11-16)12(2)3/h12-14,16H,4-11H2,1-3H3. The predicted molar refractivity (Wildman–Crippen MR) is 76.3 cm³/mol. The Morgan fingerprint density at radius 3 is 2.62 bits per heavy atom. The van der Waals surface area contributed by atoms with Gasteiger partial charge in [0, 0.05) is 12.6 Å². The molecule has 16 heavy (non-hydrogen) atoms. The van der Waals surface area contributed by atoms with Crippen molar-refractivity contribution in [2.24, 2.45) is 11.8 Å². The van der Waals surface area contributed by atoms with Crippen LogP contribution in [0.3, 0.4) is 0 Å². The summed E-state index contributed by atoms with van der Waals surface area (Å²) in [6.45, 7) is 9.57. The van der Waals surface area contributed by atoms with Crippen LogP contribution in [0.4, 0.5) is 0 Å². The average molecular weight is 243 g/mol. The van der Waals surface area contributed by atoms with Gasteiger partial charge in [0.25, 0.3) is 0 Å². The second-order valence-corrected chi connectivity index (χ2v) is 5.99. The summed E-state index contributed by atoms with van der Waals surface area (Å²) in [6.07, 6.45) is 6.98. The van der Waals surface area contributed by atoms with Crippen LogP contribution in [0.1, 0.15) is 52.9 Å². The van der Waals surface area contributed by atoms with Crippen molar-refractivity contribution in [2.75, 3.05) is 18.8 Å². The summed E-state index contributed by atoms with van der Waals surface area (Å²) >= 11 is 4.51. The highest BCUT2D eigenvalue weighted by Gasteiger charge is 2.24. The summed E-state index contributed by atoms with van der Waals surface area (Å²) < 4.78 is 0. The zero-order valence-electron chi connectivity index (χ0n) is 11.3. The van der Waals surface area contributed by atoms with Gasteiger partial charge in [-0.05, 0) is 43.4 Å². The lowest BCUT2D eigenvalue weighted by molar-refractivity contribution is 0.111. The molecule has 1 aliphatic rings. The maximum atomic E-state index is 4.51. The Morgan fingerprint density at radius 1 is 1.31 bits per heavy atom. The van der Waals surface area contributed by atoms with Gasteiger partial charge in [0.05, 0.1) is 0 Å². The topological polar surface area (TPSA) is 3.24 Å². The van der Waals surface area contributed by atoms with Gasteiger partial charge in [-0.3, -0.25) is 0 Å². The molecule has 1 aliphatic heterocycles. The largest absolute Gasteiger partial charge is 0.300 e. The molecule has 1 saturated heterocycles. The maximum Gasteiger partial charge on any atom is 0.00952 e. The quantitative estimate of drug-likeness (QED) is 0.694. The van der Waals surface area contributed by atoms with Crippen LogP contribution in [0.5, 0.6) is 0 Å². The van der Waals surface area contributed by atoms with E-state index in [1.165, 1.54) is 45.2 Å². The molecule has 0 aliphatic carbocycles. The van der Waals surface area contributed by atoms with Crippen LogP contribution < -0.4 is 0 Å². The van der Waals surface area contributed by atoms with Crippen molar-refractivity contribution >= 4 is 12.6 Å². The van der Waals surface area contributed by atoms with Gasteiger partial charge < -0.3 is 4.90 Å². The first-order valence-corrected chi connectivity index (χ1v) is 7.67. The van der Waals surface area contributed by atoms with Crippen molar-refractivity contribution in [1.82, 2.24) is 4.90 Å².